The van der Waals surface area contributed by atoms with Crippen molar-refractivity contribution in [1.29, 1.82) is 0 Å². The van der Waals surface area contributed by atoms with E-state index in [-0.39, 0.29) is 5.91 Å². The lowest BCUT2D eigenvalue weighted by Gasteiger charge is -2.28. The van der Waals surface area contributed by atoms with Gasteiger partial charge in [0.2, 0.25) is 5.91 Å². The average molecular weight is 282 g/mol. The Labute approximate surface area is 118 Å². The highest BCUT2D eigenvalue weighted by Gasteiger charge is 2.30. The Balaban J connectivity index is 1.84. The summed E-state index contributed by atoms with van der Waals surface area (Å²) in [5, 5.41) is 5.46. The van der Waals surface area contributed by atoms with Gasteiger partial charge in [0.15, 0.2) is 5.13 Å². The molecule has 1 saturated carbocycles. The zero-order chi connectivity index (χ0) is 13.8. The minimum atomic E-state index is -0.000443. The Kier molecular flexibility index (Phi) is 4.90. The van der Waals surface area contributed by atoms with Crippen LogP contribution >= 0.6 is 11.3 Å². The van der Waals surface area contributed by atoms with Crippen LogP contribution in [-0.4, -0.2) is 42.0 Å². The number of nitrogens with zero attached hydrogens (tertiary/aromatic N) is 2. The molecular weight excluding hydrogens is 260 g/mol. The molecule has 1 heterocycles. The molecule has 2 rings (SSSR count). The molecule has 0 aromatic carbocycles. The van der Waals surface area contributed by atoms with Gasteiger partial charge in [0.25, 0.3) is 0 Å². The summed E-state index contributed by atoms with van der Waals surface area (Å²) in [5.41, 5.74) is 6.72. The van der Waals surface area contributed by atoms with Crippen LogP contribution in [0.25, 0.3) is 0 Å². The maximum Gasteiger partial charge on any atom is 0.240 e. The molecule has 0 radical (unpaired) electrons. The van der Waals surface area contributed by atoms with Crippen LogP contribution in [-0.2, 0) is 4.79 Å². The highest BCUT2D eigenvalue weighted by molar-refractivity contribution is 7.13. The number of likely N-dealkylation sites (N-methyl/N-ethyl adjacent to an activating group) is 1. The maximum absolute atomic E-state index is 12.0. The van der Waals surface area contributed by atoms with Crippen LogP contribution < -0.4 is 11.1 Å². The average Bonchev–Trinajstić information content (AvgIpc) is 2.97. The second-order valence-corrected chi connectivity index (χ2v) is 6.11. The normalized spacial score (nSPS) is 22.9. The molecule has 1 aliphatic rings. The second kappa shape index (κ2) is 6.45. The fourth-order valence-electron chi connectivity index (χ4n) is 2.79. The van der Waals surface area contributed by atoms with Crippen molar-refractivity contribution in [3.63, 3.8) is 0 Å². The number of aromatic nitrogens is 1. The summed E-state index contributed by atoms with van der Waals surface area (Å²) >= 11 is 1.46. The first-order valence-electron chi connectivity index (χ1n) is 6.72. The van der Waals surface area contributed by atoms with Crippen molar-refractivity contribution in [1.82, 2.24) is 9.88 Å². The molecule has 19 heavy (non-hydrogen) atoms. The fraction of sp³-hybridized carbons (Fsp3) is 0.692. The second-order valence-electron chi connectivity index (χ2n) is 5.25. The molecule has 1 aromatic rings. The van der Waals surface area contributed by atoms with Gasteiger partial charge < -0.3 is 11.1 Å². The molecule has 0 saturated heterocycles. The van der Waals surface area contributed by atoms with Crippen molar-refractivity contribution in [3.05, 3.63) is 11.1 Å². The van der Waals surface area contributed by atoms with Gasteiger partial charge in [-0.3, -0.25) is 9.69 Å². The molecular formula is C13H22N4OS. The summed E-state index contributed by atoms with van der Waals surface area (Å²) in [6.45, 7) is 3.03. The van der Waals surface area contributed by atoms with E-state index in [9.17, 15) is 4.79 Å². The summed E-state index contributed by atoms with van der Waals surface area (Å²) in [4.78, 5) is 18.3. The zero-order valence-corrected chi connectivity index (χ0v) is 12.4. The molecule has 1 aromatic heterocycles. The molecule has 5 nitrogen and oxygen atoms in total. The van der Waals surface area contributed by atoms with Gasteiger partial charge in [0.1, 0.15) is 0 Å². The molecule has 1 fully saturated rings. The number of rotatable bonds is 5. The highest BCUT2D eigenvalue weighted by Crippen LogP contribution is 2.28. The molecule has 2 atom stereocenters. The van der Waals surface area contributed by atoms with Gasteiger partial charge in [-0.25, -0.2) is 4.98 Å². The van der Waals surface area contributed by atoms with E-state index >= 15 is 0 Å². The van der Waals surface area contributed by atoms with Crippen molar-refractivity contribution in [2.45, 2.75) is 32.2 Å². The van der Waals surface area contributed by atoms with Crippen molar-refractivity contribution >= 4 is 22.4 Å². The standard InChI is InChI=1S/C13H22N4OS/c1-9-8-19-13(15-9)16-12(18)7-17(2)11-5-3-4-10(11)6-14/h8,10-11H,3-7,14H2,1-2H3,(H,15,16,18). The number of nitrogens with one attached hydrogen (secondary N) is 1. The number of amides is 1. The molecule has 6 heteroatoms. The van der Waals surface area contributed by atoms with Crippen molar-refractivity contribution in [3.8, 4) is 0 Å². The van der Waals surface area contributed by atoms with Crippen LogP contribution in [0.3, 0.4) is 0 Å². The van der Waals surface area contributed by atoms with Gasteiger partial charge >= 0.3 is 0 Å². The number of thiazole rings is 1. The predicted octanol–water partition coefficient (Wildman–Crippen LogP) is 1.45. The third-order valence-corrected chi connectivity index (χ3v) is 4.62. The molecule has 0 spiro atoms. The van der Waals surface area contributed by atoms with Crippen LogP contribution in [0.1, 0.15) is 25.0 Å². The molecule has 1 amide bonds. The monoisotopic (exact) mass is 282 g/mol. The van der Waals surface area contributed by atoms with E-state index in [0.717, 1.165) is 12.1 Å². The van der Waals surface area contributed by atoms with E-state index in [1.165, 1.54) is 24.2 Å². The molecule has 1 aliphatic carbocycles. The largest absolute Gasteiger partial charge is 0.330 e. The van der Waals surface area contributed by atoms with E-state index < -0.39 is 0 Å². The van der Waals surface area contributed by atoms with E-state index in [1.807, 2.05) is 19.4 Å². The molecule has 2 unspecified atom stereocenters. The number of carbonyl (C=O) groups is 1. The summed E-state index contributed by atoms with van der Waals surface area (Å²) in [7, 11) is 2.01. The van der Waals surface area contributed by atoms with Crippen molar-refractivity contribution in [2.24, 2.45) is 11.7 Å². The smallest absolute Gasteiger partial charge is 0.240 e. The SMILES string of the molecule is Cc1csc(NC(=O)CN(C)C2CCCC2CN)n1. The molecule has 3 N–H and O–H groups in total. The predicted molar refractivity (Wildman–Crippen MR) is 78.3 cm³/mol. The third kappa shape index (κ3) is 3.75. The van der Waals surface area contributed by atoms with Crippen LogP contribution in [0.5, 0.6) is 0 Å². The maximum atomic E-state index is 12.0. The quantitative estimate of drug-likeness (QED) is 0.857. The molecule has 0 aliphatic heterocycles. The van der Waals surface area contributed by atoms with E-state index in [1.54, 1.807) is 0 Å². The van der Waals surface area contributed by atoms with Crippen LogP contribution in [0.2, 0.25) is 0 Å². The summed E-state index contributed by atoms with van der Waals surface area (Å²) in [5.74, 6) is 0.527. The van der Waals surface area contributed by atoms with Gasteiger partial charge in [-0.05, 0) is 39.3 Å². The summed E-state index contributed by atoms with van der Waals surface area (Å²) in [6.07, 6.45) is 3.53. The number of aryl methyl sites for hydroxylation is 1. The Morgan fingerprint density at radius 1 is 1.63 bits per heavy atom. The van der Waals surface area contributed by atoms with Crippen LogP contribution in [0.15, 0.2) is 5.38 Å². The van der Waals surface area contributed by atoms with E-state index in [0.29, 0.717) is 30.2 Å². The van der Waals surface area contributed by atoms with Crippen LogP contribution in [0, 0.1) is 12.8 Å². The van der Waals surface area contributed by atoms with Crippen LogP contribution in [0.4, 0.5) is 5.13 Å². The van der Waals surface area contributed by atoms with Gasteiger partial charge in [0.05, 0.1) is 12.2 Å². The first kappa shape index (κ1) is 14.4. The van der Waals surface area contributed by atoms with Crippen molar-refractivity contribution < 1.29 is 4.79 Å². The first-order chi connectivity index (χ1) is 9.10. The number of hydrogen-bond acceptors (Lipinski definition) is 5. The fourth-order valence-corrected chi connectivity index (χ4v) is 3.49. The topological polar surface area (TPSA) is 71.2 Å². The lowest BCUT2D eigenvalue weighted by molar-refractivity contribution is -0.117. The van der Waals surface area contributed by atoms with E-state index in [2.05, 4.69) is 15.2 Å². The number of nitrogens with two attached hydrogens (primary N) is 1. The third-order valence-electron chi connectivity index (χ3n) is 3.75. The lowest BCUT2D eigenvalue weighted by atomic mass is 10.0. The van der Waals surface area contributed by atoms with Gasteiger partial charge in [0, 0.05) is 11.4 Å². The summed E-state index contributed by atoms with van der Waals surface area (Å²) in [6, 6.07) is 0.439. The minimum absolute atomic E-state index is 0.000443. The number of carbonyl (C=O) groups excluding carboxylic acids is 1. The van der Waals surface area contributed by atoms with Gasteiger partial charge in [-0.2, -0.15) is 0 Å². The van der Waals surface area contributed by atoms with Gasteiger partial charge in [-0.15, -0.1) is 11.3 Å². The Morgan fingerprint density at radius 2 is 2.42 bits per heavy atom. The lowest BCUT2D eigenvalue weighted by Crippen LogP contribution is -2.41. The molecule has 106 valence electrons. The highest BCUT2D eigenvalue weighted by atomic mass is 32.1. The van der Waals surface area contributed by atoms with Crippen molar-refractivity contribution in [2.75, 3.05) is 25.5 Å². The number of hydrogen-bond donors (Lipinski definition) is 2. The Morgan fingerprint density at radius 3 is 3.05 bits per heavy atom. The van der Waals surface area contributed by atoms with Gasteiger partial charge in [-0.1, -0.05) is 6.42 Å². The minimum Gasteiger partial charge on any atom is -0.330 e. The number of anilines is 1. The Bertz CT molecular complexity index is 434. The summed E-state index contributed by atoms with van der Waals surface area (Å²) < 4.78 is 0. The first-order valence-corrected chi connectivity index (χ1v) is 7.60. The van der Waals surface area contributed by atoms with E-state index in [4.69, 9.17) is 5.73 Å². The Hall–Kier alpha value is -0.980. The molecule has 0 bridgehead atoms. The zero-order valence-electron chi connectivity index (χ0n) is 11.6.